The number of phosphoric acid groups is 2. The molecule has 0 bridgehead atoms. The molecule has 0 amide bonds. The van der Waals surface area contributed by atoms with E-state index in [0.717, 1.165) is 0 Å². The van der Waals surface area contributed by atoms with Crippen LogP contribution in [0.15, 0.2) is 0 Å². The van der Waals surface area contributed by atoms with Crippen LogP contribution in [-0.4, -0.2) is 58.1 Å². The van der Waals surface area contributed by atoms with Crippen molar-refractivity contribution in [3.05, 3.63) is 0 Å². The topological polar surface area (TPSA) is 246 Å². The molecule has 0 radical (unpaired) electrons. The Bertz CT molecular complexity index is 429. The van der Waals surface area contributed by atoms with Crippen LogP contribution in [0.1, 0.15) is 0 Å². The van der Waals surface area contributed by atoms with Crippen molar-refractivity contribution < 1.29 is 269 Å². The summed E-state index contributed by atoms with van der Waals surface area (Å²) < 4.78 is 32.8. The van der Waals surface area contributed by atoms with Crippen molar-refractivity contribution in [1.82, 2.24) is 0 Å². The van der Waals surface area contributed by atoms with Crippen molar-refractivity contribution in [3.63, 3.8) is 0 Å². The van der Waals surface area contributed by atoms with Crippen LogP contribution in [-0.2, 0) is 22.9 Å². The van der Waals surface area contributed by atoms with Crippen LogP contribution in [0.2, 0.25) is 0 Å². The van der Waals surface area contributed by atoms with E-state index in [4.69, 9.17) is 0 Å². The Balaban J connectivity index is -0.000000267. The summed E-state index contributed by atoms with van der Waals surface area (Å²) in [6, 6.07) is 0. The Labute approximate surface area is 313 Å². The quantitative estimate of drug-likeness (QED) is 0.230. The summed E-state index contributed by atoms with van der Waals surface area (Å²) in [6.07, 6.45) is -9.92. The standard InChI is InChI=1S/C6H14O12P2.4K.H2O/c7-3-2(1-16-19(10,11)12)17-6(5(9)4(3)8)18-20(13,14)15;;;;;/h2-9H,1H2,(H2,10,11,12)(H2,13,14,15);;;;;1H2/q;4*+1;/p-4. The molecule has 0 aromatic rings. The van der Waals surface area contributed by atoms with E-state index < -0.39 is 53.0 Å². The fraction of sp³-hybridized carbons (Fsp3) is 1.00. The summed E-state index contributed by atoms with van der Waals surface area (Å²) in [5.74, 6) is 0. The van der Waals surface area contributed by atoms with Crippen molar-refractivity contribution in [3.8, 4) is 0 Å². The van der Waals surface area contributed by atoms with Gasteiger partial charge in [0, 0.05) is 0 Å². The van der Waals surface area contributed by atoms with Crippen molar-refractivity contribution in [2.75, 3.05) is 6.61 Å². The zero-order valence-corrected chi connectivity index (χ0v) is 28.3. The number of hydrogen-bond acceptors (Lipinski definition) is 12. The predicted molar refractivity (Wildman–Crippen MR) is 52.5 cm³/mol. The molecule has 19 heteroatoms. The van der Waals surface area contributed by atoms with E-state index in [1.54, 1.807) is 0 Å². The Hall–Kier alpha value is 6.57. The summed E-state index contributed by atoms with van der Waals surface area (Å²) in [5, 5.41) is 28.1. The minimum Gasteiger partial charge on any atom is -0.790 e. The third-order valence-electron chi connectivity index (χ3n) is 2.30. The van der Waals surface area contributed by atoms with E-state index in [0.29, 0.717) is 0 Å². The summed E-state index contributed by atoms with van der Waals surface area (Å²) >= 11 is 0. The molecule has 0 saturated carbocycles. The smallest absolute Gasteiger partial charge is 0.790 e. The molecule has 1 aliphatic rings. The van der Waals surface area contributed by atoms with Crippen LogP contribution in [0.4, 0.5) is 0 Å². The third-order valence-corrected chi connectivity index (χ3v) is 3.23. The number of ether oxygens (including phenoxy) is 1. The molecule has 0 spiro atoms. The zero-order valence-electron chi connectivity index (χ0n) is 14.0. The largest absolute Gasteiger partial charge is 1.00 e. The van der Waals surface area contributed by atoms with Crippen molar-refractivity contribution in [1.29, 1.82) is 0 Å². The van der Waals surface area contributed by atoms with Gasteiger partial charge in [0.2, 0.25) is 0 Å². The number of aliphatic hydroxyl groups excluding tert-OH is 3. The Morgan fingerprint density at radius 1 is 0.840 bits per heavy atom. The van der Waals surface area contributed by atoms with Crippen molar-refractivity contribution in [2.24, 2.45) is 0 Å². The maximum absolute atomic E-state index is 10.4. The van der Waals surface area contributed by atoms with Gasteiger partial charge in [-0.15, -0.1) is 0 Å². The first-order valence-electron chi connectivity index (χ1n) is 4.97. The van der Waals surface area contributed by atoms with Crippen LogP contribution in [0.5, 0.6) is 0 Å². The Morgan fingerprint density at radius 2 is 1.28 bits per heavy atom. The molecule has 0 aromatic carbocycles. The fourth-order valence-corrected chi connectivity index (χ4v) is 2.19. The predicted octanol–water partition coefficient (Wildman–Crippen LogP) is -18.3. The SMILES string of the molecule is O.O=P([O-])([O-])OCC1OC(OP(=O)([O-])[O-])C(O)C(O)C1O.[K+].[K+].[K+].[K+]. The van der Waals surface area contributed by atoms with Gasteiger partial charge < -0.3 is 63.3 Å². The first-order chi connectivity index (χ1) is 8.91. The maximum Gasteiger partial charge on any atom is 1.00 e. The van der Waals surface area contributed by atoms with Gasteiger partial charge in [0.1, 0.15) is 24.4 Å². The molecule has 0 aliphatic carbocycles. The average Bonchev–Trinajstić information content (AvgIpc) is 2.25. The summed E-state index contributed by atoms with van der Waals surface area (Å²) in [5.41, 5.74) is 0. The molecule has 13 nitrogen and oxygen atoms in total. The van der Waals surface area contributed by atoms with Gasteiger partial charge >= 0.3 is 206 Å². The van der Waals surface area contributed by atoms with Crippen LogP contribution in [0, 0.1) is 0 Å². The molecule has 1 fully saturated rings. The minimum atomic E-state index is -5.59. The third kappa shape index (κ3) is 17.7. The van der Waals surface area contributed by atoms with Gasteiger partial charge in [0.15, 0.2) is 6.29 Å². The molecule has 5 N–H and O–H groups in total. The van der Waals surface area contributed by atoms with E-state index in [1.807, 2.05) is 0 Å². The van der Waals surface area contributed by atoms with Crippen molar-refractivity contribution >= 4 is 15.6 Å². The molecule has 1 rings (SSSR count). The Kier molecular flexibility index (Phi) is 31.6. The molecule has 25 heavy (non-hydrogen) atoms. The van der Waals surface area contributed by atoms with Crippen LogP contribution < -0.4 is 225 Å². The average molecular weight is 510 g/mol. The van der Waals surface area contributed by atoms with Gasteiger partial charge in [-0.1, -0.05) is 0 Å². The monoisotopic (exact) mass is 510 g/mol. The van der Waals surface area contributed by atoms with Gasteiger partial charge in [-0.3, -0.25) is 0 Å². The second-order valence-electron chi connectivity index (χ2n) is 3.81. The first kappa shape index (κ1) is 41.8. The molecule has 128 valence electrons. The van der Waals surface area contributed by atoms with E-state index in [9.17, 15) is 44.0 Å². The maximum atomic E-state index is 10.4. The van der Waals surface area contributed by atoms with E-state index in [-0.39, 0.29) is 211 Å². The minimum absolute atomic E-state index is 0. The van der Waals surface area contributed by atoms with Gasteiger partial charge in [0.25, 0.3) is 0 Å². The second-order valence-corrected chi connectivity index (χ2v) is 6.07. The molecule has 5 atom stereocenters. The second kappa shape index (κ2) is 18.9. The first-order valence-corrected chi connectivity index (χ1v) is 7.89. The van der Waals surface area contributed by atoms with Gasteiger partial charge in [0.05, 0.1) is 22.3 Å². The molecule has 1 aliphatic heterocycles. The van der Waals surface area contributed by atoms with E-state index in [2.05, 4.69) is 13.8 Å². The molecule has 5 unspecified atom stereocenters. The summed E-state index contributed by atoms with van der Waals surface area (Å²) in [6.45, 7) is -1.07. The fourth-order valence-electron chi connectivity index (χ4n) is 1.43. The molecular weight excluding hydrogens is 498 g/mol. The molecule has 0 aromatic heterocycles. The van der Waals surface area contributed by atoms with E-state index >= 15 is 0 Å². The molecular formula is C6H12K4O13P2. The van der Waals surface area contributed by atoms with Gasteiger partial charge in [-0.25, -0.2) is 0 Å². The zero-order chi connectivity index (χ0) is 15.7. The normalized spacial score (nSPS) is 28.8. The van der Waals surface area contributed by atoms with Gasteiger partial charge in [-0.05, 0) is 0 Å². The summed E-state index contributed by atoms with van der Waals surface area (Å²) in [4.78, 5) is 41.3. The van der Waals surface area contributed by atoms with Crippen LogP contribution in [0.25, 0.3) is 0 Å². The number of hydrogen-bond donors (Lipinski definition) is 3. The number of aliphatic hydroxyl groups is 3. The van der Waals surface area contributed by atoms with Crippen LogP contribution in [0.3, 0.4) is 0 Å². The molecule has 1 heterocycles. The number of rotatable bonds is 5. The van der Waals surface area contributed by atoms with E-state index in [1.165, 1.54) is 0 Å². The molecule has 1 saturated heterocycles. The summed E-state index contributed by atoms with van der Waals surface area (Å²) in [7, 11) is -11.0. The van der Waals surface area contributed by atoms with Crippen molar-refractivity contribution in [2.45, 2.75) is 30.7 Å². The van der Waals surface area contributed by atoms with Gasteiger partial charge in [-0.2, -0.15) is 0 Å². The number of phosphoric ester groups is 2. The Morgan fingerprint density at radius 3 is 1.64 bits per heavy atom. The van der Waals surface area contributed by atoms with Crippen LogP contribution >= 0.6 is 15.6 Å².